The molecular formula is C8H13OY-. The van der Waals surface area contributed by atoms with Crippen LogP contribution in [0.25, 0.3) is 0 Å². The maximum Gasteiger partial charge on any atom is 0 e. The Morgan fingerprint density at radius 2 is 1.70 bits per heavy atom. The predicted molar refractivity (Wildman–Crippen MR) is 35.8 cm³/mol. The van der Waals surface area contributed by atoms with Gasteiger partial charge < -0.3 is 4.74 Å². The smallest absolute Gasteiger partial charge is 0 e. The molecule has 10 heavy (non-hydrogen) atoms. The zero-order chi connectivity index (χ0) is 6.32. The van der Waals surface area contributed by atoms with Crippen LogP contribution >= 0.6 is 0 Å². The van der Waals surface area contributed by atoms with E-state index in [1.165, 1.54) is 38.2 Å². The van der Waals surface area contributed by atoms with E-state index in [1.54, 1.807) is 0 Å². The summed E-state index contributed by atoms with van der Waals surface area (Å²) in [5, 5.41) is 0. The van der Waals surface area contributed by atoms with E-state index in [9.17, 15) is 0 Å². The summed E-state index contributed by atoms with van der Waals surface area (Å²) in [5.41, 5.74) is 0.304. The van der Waals surface area contributed by atoms with Gasteiger partial charge in [-0.15, -0.1) is 0 Å². The van der Waals surface area contributed by atoms with Gasteiger partial charge in [-0.1, -0.05) is 37.7 Å². The summed E-state index contributed by atoms with van der Waals surface area (Å²) in [7, 11) is 0. The molecule has 0 aromatic rings. The summed E-state index contributed by atoms with van der Waals surface area (Å²) in [6, 6.07) is 0. The van der Waals surface area contributed by atoms with Crippen LogP contribution in [0.5, 0.6) is 0 Å². The van der Waals surface area contributed by atoms with Crippen LogP contribution in [0.4, 0.5) is 0 Å². The van der Waals surface area contributed by atoms with E-state index in [-0.39, 0.29) is 32.7 Å². The summed E-state index contributed by atoms with van der Waals surface area (Å²) in [6.45, 7) is 2.12. The van der Waals surface area contributed by atoms with Crippen molar-refractivity contribution in [3.63, 3.8) is 0 Å². The zero-order valence-corrected chi connectivity index (χ0v) is 9.36. The van der Waals surface area contributed by atoms with Crippen LogP contribution in [0.2, 0.25) is 0 Å². The molecule has 1 aliphatic heterocycles. The number of ether oxygens (including phenoxy) is 1. The number of hydrogen-bond donors (Lipinski definition) is 0. The largest absolute Gasteiger partial charge is 0.564 e. The van der Waals surface area contributed by atoms with E-state index in [1.807, 2.05) is 0 Å². The summed E-state index contributed by atoms with van der Waals surface area (Å²) in [6.07, 6.45) is 8.03. The third kappa shape index (κ3) is 1.46. The standard InChI is InChI=1S/C8H13O.Y/c1-7-8(9-7)5-3-2-4-6-8;/h2-6H2,1H3;/q-1;. The van der Waals surface area contributed by atoms with E-state index in [4.69, 9.17) is 4.74 Å². The average molecular weight is 214 g/mol. The molecule has 55 valence electrons. The SMILES string of the molecule is C[C-]1OC12CCCCC2.[Y]. The van der Waals surface area contributed by atoms with E-state index in [0.29, 0.717) is 5.60 Å². The van der Waals surface area contributed by atoms with Gasteiger partial charge in [0.25, 0.3) is 0 Å². The molecule has 0 bridgehead atoms. The van der Waals surface area contributed by atoms with Gasteiger partial charge in [-0.25, -0.2) is 0 Å². The monoisotopic (exact) mass is 214 g/mol. The minimum absolute atomic E-state index is 0. The number of rotatable bonds is 0. The van der Waals surface area contributed by atoms with Crippen LogP contribution in [0, 0.1) is 6.10 Å². The Balaban J connectivity index is 0.000000500. The average Bonchev–Trinajstić information content (AvgIpc) is 2.44. The van der Waals surface area contributed by atoms with Gasteiger partial charge in [0.05, 0.1) is 0 Å². The summed E-state index contributed by atoms with van der Waals surface area (Å²) in [4.78, 5) is 0. The second kappa shape index (κ2) is 3.20. The summed E-state index contributed by atoms with van der Waals surface area (Å²) in [5.74, 6) is 0. The first-order valence-electron chi connectivity index (χ1n) is 3.87. The third-order valence-corrected chi connectivity index (χ3v) is 2.61. The maximum atomic E-state index is 5.46. The summed E-state index contributed by atoms with van der Waals surface area (Å²) < 4.78 is 5.46. The van der Waals surface area contributed by atoms with Crippen molar-refractivity contribution < 1.29 is 37.4 Å². The third-order valence-electron chi connectivity index (χ3n) is 2.61. The molecule has 2 fully saturated rings. The maximum absolute atomic E-state index is 5.46. The Hall–Kier alpha value is 1.06. The van der Waals surface area contributed by atoms with Gasteiger partial charge in [0.2, 0.25) is 0 Å². The predicted octanol–water partition coefficient (Wildman–Crippen LogP) is 2.27. The molecule has 1 heterocycles. The molecule has 0 unspecified atom stereocenters. The second-order valence-electron chi connectivity index (χ2n) is 3.21. The Labute approximate surface area is 87.8 Å². The number of epoxide rings is 1. The van der Waals surface area contributed by atoms with Crippen LogP contribution in [0.15, 0.2) is 0 Å². The van der Waals surface area contributed by atoms with Crippen molar-refractivity contribution in [1.29, 1.82) is 0 Å². The molecule has 2 rings (SSSR count). The van der Waals surface area contributed by atoms with Gasteiger partial charge in [0.1, 0.15) is 0 Å². The molecule has 2 heteroatoms. The van der Waals surface area contributed by atoms with Gasteiger partial charge >= 0.3 is 0 Å². The van der Waals surface area contributed by atoms with Crippen molar-refractivity contribution >= 4 is 0 Å². The van der Waals surface area contributed by atoms with Crippen molar-refractivity contribution in [2.24, 2.45) is 0 Å². The van der Waals surface area contributed by atoms with Crippen molar-refractivity contribution in [1.82, 2.24) is 0 Å². The Morgan fingerprint density at radius 1 is 1.20 bits per heavy atom. The van der Waals surface area contributed by atoms with Crippen LogP contribution in [-0.2, 0) is 37.4 Å². The zero-order valence-electron chi connectivity index (χ0n) is 6.52. The van der Waals surface area contributed by atoms with Crippen LogP contribution < -0.4 is 0 Å². The van der Waals surface area contributed by atoms with Crippen molar-refractivity contribution in [3.05, 3.63) is 6.10 Å². The first-order valence-corrected chi connectivity index (χ1v) is 3.87. The van der Waals surface area contributed by atoms with E-state index in [0.717, 1.165) is 0 Å². The fourth-order valence-corrected chi connectivity index (χ4v) is 1.84. The number of hydrogen-bond acceptors (Lipinski definition) is 1. The summed E-state index contributed by atoms with van der Waals surface area (Å²) >= 11 is 0. The molecule has 2 aliphatic rings. The topological polar surface area (TPSA) is 12.5 Å². The van der Waals surface area contributed by atoms with E-state index < -0.39 is 0 Å². The minimum atomic E-state index is 0. The quantitative estimate of drug-likeness (QED) is 0.445. The fraction of sp³-hybridized carbons (Fsp3) is 0.875. The first-order chi connectivity index (χ1) is 4.33. The first kappa shape index (κ1) is 9.15. The van der Waals surface area contributed by atoms with Crippen molar-refractivity contribution in [2.75, 3.05) is 0 Å². The molecule has 1 nitrogen and oxygen atoms in total. The van der Waals surface area contributed by atoms with Gasteiger partial charge in [-0.2, -0.15) is 13.0 Å². The van der Waals surface area contributed by atoms with Crippen molar-refractivity contribution in [3.8, 4) is 0 Å². The van der Waals surface area contributed by atoms with Crippen LogP contribution in [-0.4, -0.2) is 5.60 Å². The molecule has 0 amide bonds. The molecule has 1 spiro atoms. The molecule has 0 aromatic heterocycles. The van der Waals surface area contributed by atoms with Gasteiger partial charge in [0, 0.05) is 32.7 Å². The Kier molecular flexibility index (Phi) is 2.93. The van der Waals surface area contributed by atoms with Crippen LogP contribution in [0.1, 0.15) is 39.0 Å². The van der Waals surface area contributed by atoms with Gasteiger partial charge in [-0.05, 0) is 0 Å². The molecule has 1 radical (unpaired) electrons. The molecule has 0 aromatic carbocycles. The molecule has 0 N–H and O–H groups in total. The molecule has 1 saturated heterocycles. The molecule has 1 saturated carbocycles. The van der Waals surface area contributed by atoms with E-state index >= 15 is 0 Å². The van der Waals surface area contributed by atoms with Crippen molar-refractivity contribution in [2.45, 2.75) is 44.6 Å². The Morgan fingerprint density at radius 3 is 2.00 bits per heavy atom. The molecule has 0 atom stereocenters. The fourth-order valence-electron chi connectivity index (χ4n) is 1.84. The molecule has 1 aliphatic carbocycles. The molecular weight excluding hydrogens is 201 g/mol. The van der Waals surface area contributed by atoms with E-state index in [2.05, 4.69) is 6.92 Å². The van der Waals surface area contributed by atoms with Crippen LogP contribution in [0.3, 0.4) is 0 Å². The normalized spacial score (nSPS) is 29.7. The minimum Gasteiger partial charge on any atom is -0.564 e. The Bertz CT molecular complexity index is 118. The van der Waals surface area contributed by atoms with Gasteiger partial charge in [-0.3, -0.25) is 0 Å². The second-order valence-corrected chi connectivity index (χ2v) is 3.21. The van der Waals surface area contributed by atoms with Gasteiger partial charge in [0.15, 0.2) is 0 Å².